The van der Waals surface area contributed by atoms with E-state index in [1.54, 1.807) is 0 Å². The number of pyridine rings is 1. The second kappa shape index (κ2) is 8.08. The quantitative estimate of drug-likeness (QED) is 0.422. The molecule has 8 nitrogen and oxygen atoms in total. The fourth-order valence-electron chi connectivity index (χ4n) is 4.06. The molecule has 0 saturated carbocycles. The fourth-order valence-corrected chi connectivity index (χ4v) is 5.13. The number of anilines is 2. The molecule has 0 unspecified atom stereocenters. The summed E-state index contributed by atoms with van der Waals surface area (Å²) in [6.45, 7) is 4.94. The van der Waals surface area contributed by atoms with E-state index in [4.69, 9.17) is 10.8 Å². The van der Waals surface area contributed by atoms with Gasteiger partial charge in [0.15, 0.2) is 5.13 Å². The van der Waals surface area contributed by atoms with Crippen LogP contribution in [0.15, 0.2) is 42.6 Å². The number of amides is 2. The van der Waals surface area contributed by atoms with Crippen LogP contribution in [-0.2, 0) is 12.8 Å². The molecule has 2 amide bonds. The van der Waals surface area contributed by atoms with Gasteiger partial charge < -0.3 is 11.1 Å². The van der Waals surface area contributed by atoms with Crippen molar-refractivity contribution >= 4 is 28.3 Å². The van der Waals surface area contributed by atoms with Gasteiger partial charge in [0.1, 0.15) is 5.82 Å². The summed E-state index contributed by atoms with van der Waals surface area (Å²) in [5.41, 5.74) is 12.5. The number of nitrogens with two attached hydrogens (primary N) is 1. The summed E-state index contributed by atoms with van der Waals surface area (Å²) in [5, 5.41) is 11.4. The SMILES string of the molecule is CCNc1ccc(-c2nn(-c3ccccc3C)c3c2CCc2nc(NC(N)=O)sc2-3)cn1. The number of aromatic nitrogens is 4. The second-order valence-corrected chi connectivity index (χ2v) is 8.62. The van der Waals surface area contributed by atoms with Crippen LogP contribution in [0.25, 0.3) is 27.5 Å². The van der Waals surface area contributed by atoms with Crippen molar-refractivity contribution in [3.8, 4) is 27.5 Å². The minimum atomic E-state index is -0.615. The minimum absolute atomic E-state index is 0.506. The van der Waals surface area contributed by atoms with Crippen molar-refractivity contribution in [3.05, 3.63) is 59.4 Å². The predicted octanol–water partition coefficient (Wildman–Crippen LogP) is 4.39. The molecule has 9 heteroatoms. The number of urea groups is 1. The number of aryl methyl sites for hydroxylation is 2. The van der Waals surface area contributed by atoms with E-state index in [1.807, 2.05) is 36.0 Å². The monoisotopic (exact) mass is 445 g/mol. The molecule has 0 saturated heterocycles. The number of primary amides is 1. The van der Waals surface area contributed by atoms with Gasteiger partial charge in [-0.2, -0.15) is 5.10 Å². The lowest BCUT2D eigenvalue weighted by molar-refractivity contribution is 0.259. The molecule has 1 aliphatic carbocycles. The van der Waals surface area contributed by atoms with Gasteiger partial charge in [0.2, 0.25) is 0 Å². The smallest absolute Gasteiger partial charge is 0.318 e. The van der Waals surface area contributed by atoms with Crippen LogP contribution in [0.2, 0.25) is 0 Å². The average molecular weight is 446 g/mol. The van der Waals surface area contributed by atoms with Gasteiger partial charge in [-0.1, -0.05) is 29.5 Å². The lowest BCUT2D eigenvalue weighted by Crippen LogP contribution is -2.19. The highest BCUT2D eigenvalue weighted by molar-refractivity contribution is 7.19. The second-order valence-electron chi connectivity index (χ2n) is 7.62. The van der Waals surface area contributed by atoms with Crippen molar-refractivity contribution in [3.63, 3.8) is 0 Å². The summed E-state index contributed by atoms with van der Waals surface area (Å²) < 4.78 is 2.00. The number of hydrogen-bond acceptors (Lipinski definition) is 6. The van der Waals surface area contributed by atoms with Crippen LogP contribution in [-0.4, -0.2) is 32.3 Å². The third kappa shape index (κ3) is 3.50. The zero-order valence-corrected chi connectivity index (χ0v) is 18.7. The minimum Gasteiger partial charge on any atom is -0.370 e. The van der Waals surface area contributed by atoms with Crippen molar-refractivity contribution in [2.24, 2.45) is 5.73 Å². The van der Waals surface area contributed by atoms with E-state index in [2.05, 4.69) is 45.7 Å². The largest absolute Gasteiger partial charge is 0.370 e. The van der Waals surface area contributed by atoms with Crippen molar-refractivity contribution < 1.29 is 4.79 Å². The molecule has 4 aromatic rings. The van der Waals surface area contributed by atoms with E-state index in [0.717, 1.165) is 69.5 Å². The molecule has 4 N–H and O–H groups in total. The number of fused-ring (bicyclic) bond motifs is 3. The van der Waals surface area contributed by atoms with E-state index in [-0.39, 0.29) is 0 Å². The van der Waals surface area contributed by atoms with Gasteiger partial charge in [0.25, 0.3) is 0 Å². The van der Waals surface area contributed by atoms with E-state index < -0.39 is 6.03 Å². The highest BCUT2D eigenvalue weighted by Gasteiger charge is 2.30. The van der Waals surface area contributed by atoms with Gasteiger partial charge in [-0.05, 0) is 50.5 Å². The first-order valence-corrected chi connectivity index (χ1v) is 11.3. The Morgan fingerprint density at radius 2 is 2.06 bits per heavy atom. The molecule has 0 spiro atoms. The first-order chi connectivity index (χ1) is 15.5. The molecule has 3 heterocycles. The Balaban J connectivity index is 1.70. The van der Waals surface area contributed by atoms with Gasteiger partial charge in [0.05, 0.1) is 27.6 Å². The molecular formula is C23H23N7OS. The number of para-hydroxylation sites is 1. The maximum Gasteiger partial charge on any atom is 0.318 e. The van der Waals surface area contributed by atoms with Crippen LogP contribution in [0, 0.1) is 6.92 Å². The van der Waals surface area contributed by atoms with E-state index in [1.165, 1.54) is 11.3 Å². The maximum absolute atomic E-state index is 11.4. The Morgan fingerprint density at radius 3 is 2.78 bits per heavy atom. The Morgan fingerprint density at radius 1 is 1.22 bits per heavy atom. The van der Waals surface area contributed by atoms with E-state index in [0.29, 0.717) is 5.13 Å². The zero-order chi connectivity index (χ0) is 22.2. The van der Waals surface area contributed by atoms with Gasteiger partial charge in [0, 0.05) is 23.9 Å². The molecule has 162 valence electrons. The summed E-state index contributed by atoms with van der Waals surface area (Å²) in [4.78, 5) is 21.5. The normalized spacial score (nSPS) is 12.2. The van der Waals surface area contributed by atoms with Crippen molar-refractivity contribution in [2.45, 2.75) is 26.7 Å². The van der Waals surface area contributed by atoms with Crippen LogP contribution in [0.1, 0.15) is 23.7 Å². The molecule has 0 aliphatic heterocycles. The standard InChI is InChI=1S/C23H23N7OS/c1-3-25-18-11-8-14(12-26-18)19-15-9-10-16-21(32-23(27-16)28-22(24)31)20(15)30(29-19)17-7-5-4-6-13(17)2/h4-8,11-12H,3,9-10H2,1-2H3,(H,25,26)(H3,24,27,28,31). The molecule has 3 aromatic heterocycles. The number of nitrogens with one attached hydrogen (secondary N) is 2. The van der Waals surface area contributed by atoms with Crippen molar-refractivity contribution in [1.29, 1.82) is 0 Å². The molecule has 0 bridgehead atoms. The third-order valence-electron chi connectivity index (χ3n) is 5.48. The molecular weight excluding hydrogens is 422 g/mol. The van der Waals surface area contributed by atoms with E-state index >= 15 is 0 Å². The Bertz CT molecular complexity index is 1310. The van der Waals surface area contributed by atoms with Crippen LogP contribution >= 0.6 is 11.3 Å². The summed E-state index contributed by atoms with van der Waals surface area (Å²) in [7, 11) is 0. The lowest BCUT2D eigenvalue weighted by atomic mass is 9.95. The highest BCUT2D eigenvalue weighted by atomic mass is 32.1. The molecule has 32 heavy (non-hydrogen) atoms. The fraction of sp³-hybridized carbons (Fsp3) is 0.217. The summed E-state index contributed by atoms with van der Waals surface area (Å²) >= 11 is 1.43. The molecule has 0 atom stereocenters. The van der Waals surface area contributed by atoms with Crippen LogP contribution < -0.4 is 16.4 Å². The third-order valence-corrected chi connectivity index (χ3v) is 6.50. The predicted molar refractivity (Wildman–Crippen MR) is 127 cm³/mol. The maximum atomic E-state index is 11.4. The summed E-state index contributed by atoms with van der Waals surface area (Å²) in [6.07, 6.45) is 3.44. The van der Waals surface area contributed by atoms with Gasteiger partial charge >= 0.3 is 6.03 Å². The highest BCUT2D eigenvalue weighted by Crippen LogP contribution is 2.44. The van der Waals surface area contributed by atoms with Crippen LogP contribution in [0.5, 0.6) is 0 Å². The number of carbonyl (C=O) groups excluding carboxylic acids is 1. The number of hydrogen-bond donors (Lipinski definition) is 3. The number of nitrogens with zero attached hydrogens (tertiary/aromatic N) is 4. The molecule has 0 radical (unpaired) electrons. The molecule has 0 fully saturated rings. The summed E-state index contributed by atoms with van der Waals surface area (Å²) in [5.74, 6) is 0.843. The topological polar surface area (TPSA) is 111 Å². The van der Waals surface area contributed by atoms with Crippen molar-refractivity contribution in [1.82, 2.24) is 19.7 Å². The average Bonchev–Trinajstić information content (AvgIpc) is 3.35. The van der Waals surface area contributed by atoms with Gasteiger partial charge in [-0.15, -0.1) is 0 Å². The number of thiazole rings is 1. The Labute approximate surface area is 189 Å². The first kappa shape index (κ1) is 20.2. The van der Waals surface area contributed by atoms with Crippen LogP contribution in [0.4, 0.5) is 15.7 Å². The number of rotatable bonds is 5. The summed E-state index contributed by atoms with van der Waals surface area (Å²) in [6, 6.07) is 11.6. The lowest BCUT2D eigenvalue weighted by Gasteiger charge is -2.15. The zero-order valence-electron chi connectivity index (χ0n) is 17.8. The number of benzene rings is 1. The van der Waals surface area contributed by atoms with Crippen molar-refractivity contribution in [2.75, 3.05) is 17.2 Å². The number of carbonyl (C=O) groups is 1. The first-order valence-electron chi connectivity index (χ1n) is 10.5. The van der Waals surface area contributed by atoms with Gasteiger partial charge in [-0.25, -0.2) is 19.4 Å². The van der Waals surface area contributed by atoms with E-state index in [9.17, 15) is 4.79 Å². The Kier molecular flexibility index (Phi) is 5.10. The molecule has 5 rings (SSSR count). The van der Waals surface area contributed by atoms with Crippen LogP contribution in [0.3, 0.4) is 0 Å². The molecule has 1 aromatic carbocycles. The van der Waals surface area contributed by atoms with Gasteiger partial charge in [-0.3, -0.25) is 5.32 Å². The molecule has 1 aliphatic rings. The Hall–Kier alpha value is -3.72.